The topological polar surface area (TPSA) is 64.4 Å². The molecule has 31 heavy (non-hydrogen) atoms. The minimum absolute atomic E-state index is 0.0783. The van der Waals surface area contributed by atoms with Crippen molar-refractivity contribution in [2.45, 2.75) is 12.1 Å². The molecule has 0 fully saturated rings. The van der Waals surface area contributed by atoms with Gasteiger partial charge in [-0.05, 0) is 43.3 Å². The number of fused-ring (bicyclic) bond motifs is 1. The summed E-state index contributed by atoms with van der Waals surface area (Å²) >= 11 is 1.23. The third-order valence-corrected chi connectivity index (χ3v) is 5.45. The van der Waals surface area contributed by atoms with Crippen LogP contribution in [0.5, 0.6) is 5.75 Å². The zero-order valence-corrected chi connectivity index (χ0v) is 18.3. The molecule has 6 nitrogen and oxygen atoms in total. The highest BCUT2D eigenvalue weighted by Crippen LogP contribution is 2.23. The number of hydrogen-bond acceptors (Lipinski definition) is 5. The lowest BCUT2D eigenvalue weighted by molar-refractivity contribution is -0.127. The minimum Gasteiger partial charge on any atom is -0.494 e. The van der Waals surface area contributed by atoms with Gasteiger partial charge in [0.2, 0.25) is 5.91 Å². The van der Waals surface area contributed by atoms with Crippen LogP contribution in [0, 0.1) is 0 Å². The normalized spacial score (nSPS) is 10.6. The van der Waals surface area contributed by atoms with Crippen LogP contribution >= 0.6 is 11.8 Å². The Bertz CT molecular complexity index is 1130. The standard InChI is InChI=1S/C24H25N3O3S/c1-4-15-26(16-5-2)22(28)17-31-24-25-21-10-8-7-9-20(21)23(29)27(24)18-11-13-19(14-12-18)30-6-3/h4-5,7-14H,1-2,6,15-17H2,3H3. The first kappa shape index (κ1) is 22.4. The van der Waals surface area contributed by atoms with Gasteiger partial charge in [-0.2, -0.15) is 0 Å². The summed E-state index contributed by atoms with van der Waals surface area (Å²) in [6.45, 7) is 10.7. The van der Waals surface area contributed by atoms with Crippen LogP contribution in [0.1, 0.15) is 6.92 Å². The third kappa shape index (κ3) is 5.24. The van der Waals surface area contributed by atoms with E-state index in [9.17, 15) is 9.59 Å². The molecular formula is C24H25N3O3S. The number of nitrogens with zero attached hydrogens (tertiary/aromatic N) is 3. The van der Waals surface area contributed by atoms with Crippen molar-refractivity contribution in [2.75, 3.05) is 25.4 Å². The van der Waals surface area contributed by atoms with Gasteiger partial charge in [-0.25, -0.2) is 4.98 Å². The molecule has 0 saturated carbocycles. The van der Waals surface area contributed by atoms with Gasteiger partial charge in [0.1, 0.15) is 5.75 Å². The van der Waals surface area contributed by atoms with Gasteiger partial charge in [-0.3, -0.25) is 14.2 Å². The van der Waals surface area contributed by atoms with Crippen LogP contribution in [0.25, 0.3) is 16.6 Å². The molecule has 7 heteroatoms. The fourth-order valence-corrected chi connectivity index (χ4v) is 4.02. The molecule has 3 aromatic rings. The summed E-state index contributed by atoms with van der Waals surface area (Å²) in [5.41, 5.74) is 1.08. The Morgan fingerprint density at radius 1 is 1.13 bits per heavy atom. The van der Waals surface area contributed by atoms with E-state index in [0.717, 1.165) is 5.75 Å². The molecule has 1 heterocycles. The Morgan fingerprint density at radius 3 is 2.45 bits per heavy atom. The number of aromatic nitrogens is 2. The maximum Gasteiger partial charge on any atom is 0.266 e. The smallest absolute Gasteiger partial charge is 0.266 e. The third-order valence-electron chi connectivity index (χ3n) is 4.53. The molecule has 0 bridgehead atoms. The van der Waals surface area contributed by atoms with E-state index in [2.05, 4.69) is 18.1 Å². The second kappa shape index (κ2) is 10.6. The van der Waals surface area contributed by atoms with Crippen molar-refractivity contribution in [3.8, 4) is 11.4 Å². The summed E-state index contributed by atoms with van der Waals surface area (Å²) in [6.07, 6.45) is 3.35. The monoisotopic (exact) mass is 435 g/mol. The number of hydrogen-bond donors (Lipinski definition) is 0. The molecule has 0 aliphatic heterocycles. The average molecular weight is 436 g/mol. The van der Waals surface area contributed by atoms with Gasteiger partial charge in [0.25, 0.3) is 5.56 Å². The lowest BCUT2D eigenvalue weighted by Crippen LogP contribution is -2.33. The average Bonchev–Trinajstić information content (AvgIpc) is 2.78. The quantitative estimate of drug-likeness (QED) is 0.273. The van der Waals surface area contributed by atoms with Crippen molar-refractivity contribution in [3.05, 3.63) is 84.2 Å². The van der Waals surface area contributed by atoms with Crippen molar-refractivity contribution in [1.82, 2.24) is 14.5 Å². The Balaban J connectivity index is 2.00. The first-order chi connectivity index (χ1) is 15.1. The van der Waals surface area contributed by atoms with Crippen molar-refractivity contribution in [2.24, 2.45) is 0 Å². The molecule has 0 spiro atoms. The van der Waals surface area contributed by atoms with E-state index in [1.165, 1.54) is 11.8 Å². The number of ether oxygens (including phenoxy) is 1. The van der Waals surface area contributed by atoms with Gasteiger partial charge >= 0.3 is 0 Å². The van der Waals surface area contributed by atoms with Gasteiger partial charge in [0, 0.05) is 13.1 Å². The van der Waals surface area contributed by atoms with E-state index >= 15 is 0 Å². The summed E-state index contributed by atoms with van der Waals surface area (Å²) in [5, 5.41) is 0.977. The Kier molecular flexibility index (Phi) is 7.67. The predicted molar refractivity (Wildman–Crippen MR) is 126 cm³/mol. The lowest BCUT2D eigenvalue weighted by Gasteiger charge is -2.19. The highest BCUT2D eigenvalue weighted by atomic mass is 32.2. The summed E-state index contributed by atoms with van der Waals surface area (Å²) in [4.78, 5) is 32.3. The van der Waals surface area contributed by atoms with E-state index in [4.69, 9.17) is 4.74 Å². The highest BCUT2D eigenvalue weighted by molar-refractivity contribution is 7.99. The number of rotatable bonds is 10. The van der Waals surface area contributed by atoms with Crippen molar-refractivity contribution >= 4 is 28.6 Å². The number of carbonyl (C=O) groups excluding carboxylic acids is 1. The SMILES string of the molecule is C=CCN(CC=C)C(=O)CSc1nc2ccccc2c(=O)n1-c1ccc(OCC)cc1. The molecule has 0 N–H and O–H groups in total. The summed E-state index contributed by atoms with van der Waals surface area (Å²) in [7, 11) is 0. The fourth-order valence-electron chi connectivity index (χ4n) is 3.10. The Labute approximate surface area is 185 Å². The molecule has 0 saturated heterocycles. The molecule has 2 aromatic carbocycles. The second-order valence-electron chi connectivity index (χ2n) is 6.64. The first-order valence-electron chi connectivity index (χ1n) is 9.96. The number of thioether (sulfide) groups is 1. The van der Waals surface area contributed by atoms with E-state index < -0.39 is 0 Å². The molecule has 1 aromatic heterocycles. The lowest BCUT2D eigenvalue weighted by atomic mass is 10.2. The number of carbonyl (C=O) groups is 1. The van der Waals surface area contributed by atoms with Gasteiger partial charge in [0.15, 0.2) is 5.16 Å². The zero-order chi connectivity index (χ0) is 22.2. The molecule has 1 amide bonds. The number of benzene rings is 2. The van der Waals surface area contributed by atoms with Crippen molar-refractivity contribution in [1.29, 1.82) is 0 Å². The maximum atomic E-state index is 13.3. The van der Waals surface area contributed by atoms with Crippen LogP contribution in [0.4, 0.5) is 0 Å². The van der Waals surface area contributed by atoms with Crippen LogP contribution in [-0.4, -0.2) is 45.8 Å². The van der Waals surface area contributed by atoms with E-state index in [0.29, 0.717) is 41.4 Å². The molecule has 0 aliphatic carbocycles. The van der Waals surface area contributed by atoms with Gasteiger partial charge in [0.05, 0.1) is 29.0 Å². The molecule has 0 unspecified atom stereocenters. The maximum absolute atomic E-state index is 13.3. The van der Waals surface area contributed by atoms with E-state index in [-0.39, 0.29) is 17.2 Å². The number of amides is 1. The zero-order valence-electron chi connectivity index (χ0n) is 17.5. The molecule has 0 aliphatic rings. The van der Waals surface area contributed by atoms with Gasteiger partial charge in [-0.1, -0.05) is 36.0 Å². The largest absolute Gasteiger partial charge is 0.494 e. The van der Waals surface area contributed by atoms with E-state index in [1.54, 1.807) is 33.8 Å². The van der Waals surface area contributed by atoms with Crippen LogP contribution in [0.2, 0.25) is 0 Å². The molecular weight excluding hydrogens is 410 g/mol. The highest BCUT2D eigenvalue weighted by Gasteiger charge is 2.17. The Hall–Kier alpha value is -3.32. The van der Waals surface area contributed by atoms with Crippen molar-refractivity contribution < 1.29 is 9.53 Å². The van der Waals surface area contributed by atoms with E-state index in [1.807, 2.05) is 43.3 Å². The Morgan fingerprint density at radius 2 is 1.81 bits per heavy atom. The van der Waals surface area contributed by atoms with Crippen LogP contribution in [-0.2, 0) is 4.79 Å². The molecule has 3 rings (SSSR count). The minimum atomic E-state index is -0.182. The molecule has 160 valence electrons. The first-order valence-corrected chi connectivity index (χ1v) is 10.9. The molecule has 0 radical (unpaired) electrons. The van der Waals surface area contributed by atoms with Gasteiger partial charge < -0.3 is 9.64 Å². The van der Waals surface area contributed by atoms with Crippen molar-refractivity contribution in [3.63, 3.8) is 0 Å². The molecule has 0 atom stereocenters. The summed E-state index contributed by atoms with van der Waals surface area (Å²) < 4.78 is 7.05. The fraction of sp³-hybridized carbons (Fsp3) is 0.208. The van der Waals surface area contributed by atoms with Gasteiger partial charge in [-0.15, -0.1) is 13.2 Å². The van der Waals surface area contributed by atoms with Crippen LogP contribution in [0.3, 0.4) is 0 Å². The summed E-state index contributed by atoms with van der Waals surface area (Å²) in [5.74, 6) is 0.788. The van der Waals surface area contributed by atoms with Crippen LogP contribution < -0.4 is 10.3 Å². The predicted octanol–water partition coefficient (Wildman–Crippen LogP) is 4.08. The second-order valence-corrected chi connectivity index (χ2v) is 7.59. The summed E-state index contributed by atoms with van der Waals surface area (Å²) in [6, 6.07) is 14.5. The number of para-hydroxylation sites is 1. The van der Waals surface area contributed by atoms with Crippen LogP contribution in [0.15, 0.2) is 83.8 Å².